The molecule has 2 aromatic heterocycles. The zero-order valence-electron chi connectivity index (χ0n) is 10.7. The molecule has 21 heavy (non-hydrogen) atoms. The van der Waals surface area contributed by atoms with E-state index in [1.165, 1.54) is 18.2 Å². The average Bonchev–Trinajstić information content (AvgIpc) is 2.50. The number of hydrogen-bond donors (Lipinski definition) is 2. The third kappa shape index (κ3) is 2.78. The number of nitrogens with zero attached hydrogens (tertiary/aromatic N) is 2. The van der Waals surface area contributed by atoms with Crippen LogP contribution in [0.1, 0.15) is 10.5 Å². The third-order valence-electron chi connectivity index (χ3n) is 2.93. The van der Waals surface area contributed by atoms with Crippen LogP contribution in [-0.2, 0) is 0 Å². The maximum Gasteiger partial charge on any atom is 0.274 e. The minimum absolute atomic E-state index is 0.0600. The Bertz CT molecular complexity index is 836. The zero-order chi connectivity index (χ0) is 14.8. The number of aromatic nitrogens is 2. The smallest absolute Gasteiger partial charge is 0.274 e. The van der Waals surface area contributed by atoms with E-state index in [1.54, 1.807) is 24.5 Å². The summed E-state index contributed by atoms with van der Waals surface area (Å²) in [4.78, 5) is 20.4. The monoisotopic (exact) mass is 299 g/mol. The van der Waals surface area contributed by atoms with Crippen LogP contribution in [0.25, 0.3) is 10.9 Å². The quantitative estimate of drug-likeness (QED) is 0.712. The fraction of sp³-hybridized carbons (Fsp3) is 0. The van der Waals surface area contributed by atoms with Crippen molar-refractivity contribution in [2.24, 2.45) is 0 Å². The summed E-state index contributed by atoms with van der Waals surface area (Å²) >= 11 is 5.84. The lowest BCUT2D eigenvalue weighted by Gasteiger charge is -2.07. The highest BCUT2D eigenvalue weighted by Gasteiger charge is 2.11. The number of carbonyl (C=O) groups excluding carboxylic acids is 1. The molecule has 0 aliphatic carbocycles. The Morgan fingerprint density at radius 1 is 1.19 bits per heavy atom. The molecule has 0 bridgehead atoms. The fourth-order valence-electron chi connectivity index (χ4n) is 1.89. The van der Waals surface area contributed by atoms with Crippen molar-refractivity contribution in [3.63, 3.8) is 0 Å². The predicted octanol–water partition coefficient (Wildman–Crippen LogP) is 3.24. The van der Waals surface area contributed by atoms with E-state index in [1.807, 2.05) is 6.07 Å². The number of rotatable bonds is 2. The van der Waals surface area contributed by atoms with Gasteiger partial charge in [-0.3, -0.25) is 9.78 Å². The summed E-state index contributed by atoms with van der Waals surface area (Å²) in [5.74, 6) is -0.492. The highest BCUT2D eigenvalue weighted by atomic mass is 35.5. The van der Waals surface area contributed by atoms with Crippen molar-refractivity contribution in [1.29, 1.82) is 0 Å². The van der Waals surface area contributed by atoms with Gasteiger partial charge in [0.2, 0.25) is 0 Å². The normalized spacial score (nSPS) is 10.5. The van der Waals surface area contributed by atoms with Gasteiger partial charge in [0.1, 0.15) is 11.4 Å². The van der Waals surface area contributed by atoms with Crippen LogP contribution < -0.4 is 5.32 Å². The van der Waals surface area contributed by atoms with Gasteiger partial charge in [0.05, 0.1) is 17.4 Å². The van der Waals surface area contributed by atoms with E-state index >= 15 is 0 Å². The summed E-state index contributed by atoms with van der Waals surface area (Å²) in [6.07, 6.45) is 3.25. The lowest BCUT2D eigenvalue weighted by molar-refractivity contribution is 0.102. The number of amides is 1. The Hall–Kier alpha value is -2.66. The molecule has 2 heterocycles. The molecule has 0 unspecified atom stereocenters. The standard InChI is InChI=1S/C15H10ClN3O2/c16-10-2-4-14(20)12(7-10)19-15(21)11-3-1-9-5-6-17-8-13(9)18-11/h1-8,20H,(H,19,21). The van der Waals surface area contributed by atoms with Gasteiger partial charge in [-0.15, -0.1) is 0 Å². The first-order valence-electron chi connectivity index (χ1n) is 6.14. The molecular weight excluding hydrogens is 290 g/mol. The van der Waals surface area contributed by atoms with Crippen molar-refractivity contribution < 1.29 is 9.90 Å². The molecule has 104 valence electrons. The minimum Gasteiger partial charge on any atom is -0.506 e. The molecular formula is C15H10ClN3O2. The van der Waals surface area contributed by atoms with Gasteiger partial charge in [-0.2, -0.15) is 0 Å². The predicted molar refractivity (Wildman–Crippen MR) is 80.6 cm³/mol. The maximum atomic E-state index is 12.2. The number of fused-ring (bicyclic) bond motifs is 1. The van der Waals surface area contributed by atoms with Crippen LogP contribution in [0.4, 0.5) is 5.69 Å². The number of phenols is 1. The van der Waals surface area contributed by atoms with E-state index in [0.29, 0.717) is 10.5 Å². The minimum atomic E-state index is -0.432. The Morgan fingerprint density at radius 3 is 2.90 bits per heavy atom. The van der Waals surface area contributed by atoms with Gasteiger partial charge in [-0.05, 0) is 30.3 Å². The second-order valence-electron chi connectivity index (χ2n) is 4.38. The van der Waals surface area contributed by atoms with E-state index in [4.69, 9.17) is 11.6 Å². The molecule has 0 spiro atoms. The van der Waals surface area contributed by atoms with Crippen molar-refractivity contribution in [1.82, 2.24) is 9.97 Å². The molecule has 1 aromatic carbocycles. The van der Waals surface area contributed by atoms with Crippen molar-refractivity contribution in [2.45, 2.75) is 0 Å². The van der Waals surface area contributed by atoms with Gasteiger partial charge in [0.25, 0.3) is 5.91 Å². The van der Waals surface area contributed by atoms with Gasteiger partial charge < -0.3 is 10.4 Å². The number of pyridine rings is 2. The highest BCUT2D eigenvalue weighted by molar-refractivity contribution is 6.31. The van der Waals surface area contributed by atoms with E-state index in [0.717, 1.165) is 5.39 Å². The zero-order valence-corrected chi connectivity index (χ0v) is 11.5. The van der Waals surface area contributed by atoms with E-state index in [9.17, 15) is 9.90 Å². The topological polar surface area (TPSA) is 75.1 Å². The van der Waals surface area contributed by atoms with Crippen molar-refractivity contribution in [3.05, 3.63) is 59.5 Å². The van der Waals surface area contributed by atoms with Gasteiger partial charge in [-0.25, -0.2) is 4.98 Å². The van der Waals surface area contributed by atoms with Crippen LogP contribution in [0.15, 0.2) is 48.8 Å². The molecule has 2 N–H and O–H groups in total. The molecule has 1 amide bonds. The molecule has 0 radical (unpaired) electrons. The SMILES string of the molecule is O=C(Nc1cc(Cl)ccc1O)c1ccc2ccncc2n1. The summed E-state index contributed by atoms with van der Waals surface area (Å²) in [6, 6.07) is 9.63. The molecule has 0 saturated carbocycles. The second kappa shape index (κ2) is 5.38. The highest BCUT2D eigenvalue weighted by Crippen LogP contribution is 2.27. The summed E-state index contributed by atoms with van der Waals surface area (Å²) in [5.41, 5.74) is 1.09. The van der Waals surface area contributed by atoms with E-state index < -0.39 is 5.91 Å². The maximum absolute atomic E-state index is 12.2. The van der Waals surface area contributed by atoms with Gasteiger partial charge in [-0.1, -0.05) is 17.7 Å². The summed E-state index contributed by atoms with van der Waals surface area (Å²) < 4.78 is 0. The number of carbonyl (C=O) groups is 1. The van der Waals surface area contributed by atoms with Crippen LogP contribution in [0.3, 0.4) is 0 Å². The lowest BCUT2D eigenvalue weighted by Crippen LogP contribution is -2.13. The molecule has 0 aliphatic rings. The molecule has 5 nitrogen and oxygen atoms in total. The average molecular weight is 300 g/mol. The summed E-state index contributed by atoms with van der Waals surface area (Å²) in [5, 5.41) is 13.6. The van der Waals surface area contributed by atoms with Crippen molar-refractivity contribution in [3.8, 4) is 5.75 Å². The number of benzene rings is 1. The molecule has 6 heteroatoms. The first-order chi connectivity index (χ1) is 10.1. The van der Waals surface area contributed by atoms with Crippen LogP contribution in [0, 0.1) is 0 Å². The summed E-state index contributed by atoms with van der Waals surface area (Å²) in [7, 11) is 0. The summed E-state index contributed by atoms with van der Waals surface area (Å²) in [6.45, 7) is 0. The van der Waals surface area contributed by atoms with Gasteiger partial charge in [0.15, 0.2) is 0 Å². The fourth-order valence-corrected chi connectivity index (χ4v) is 2.06. The van der Waals surface area contributed by atoms with Crippen molar-refractivity contribution >= 4 is 34.1 Å². The lowest BCUT2D eigenvalue weighted by atomic mass is 10.2. The molecule has 0 aliphatic heterocycles. The second-order valence-corrected chi connectivity index (χ2v) is 4.82. The number of halogens is 1. The van der Waals surface area contributed by atoms with E-state index in [-0.39, 0.29) is 17.1 Å². The number of aromatic hydroxyl groups is 1. The van der Waals surface area contributed by atoms with E-state index in [2.05, 4.69) is 15.3 Å². The Balaban J connectivity index is 1.91. The number of anilines is 1. The largest absolute Gasteiger partial charge is 0.506 e. The molecule has 3 aromatic rings. The molecule has 0 fully saturated rings. The van der Waals surface area contributed by atoms with Crippen molar-refractivity contribution in [2.75, 3.05) is 5.32 Å². The van der Waals surface area contributed by atoms with Gasteiger partial charge in [0, 0.05) is 16.6 Å². The molecule has 0 saturated heterocycles. The van der Waals surface area contributed by atoms with Crippen LogP contribution in [0.2, 0.25) is 5.02 Å². The Labute approximate surface area is 125 Å². The molecule has 0 atom stereocenters. The Kier molecular flexibility index (Phi) is 3.41. The van der Waals surface area contributed by atoms with Crippen LogP contribution in [-0.4, -0.2) is 21.0 Å². The van der Waals surface area contributed by atoms with Gasteiger partial charge >= 0.3 is 0 Å². The first kappa shape index (κ1) is 13.3. The third-order valence-corrected chi connectivity index (χ3v) is 3.17. The first-order valence-corrected chi connectivity index (χ1v) is 6.52. The van der Waals surface area contributed by atoms with Crippen LogP contribution >= 0.6 is 11.6 Å². The number of phenolic OH excluding ortho intramolecular Hbond substituents is 1. The number of hydrogen-bond acceptors (Lipinski definition) is 4. The van der Waals surface area contributed by atoms with Crippen LogP contribution in [0.5, 0.6) is 5.75 Å². The Morgan fingerprint density at radius 2 is 2.05 bits per heavy atom. The molecule has 3 rings (SSSR count). The number of nitrogens with one attached hydrogen (secondary N) is 1.